The molecule has 0 aliphatic heterocycles. The Morgan fingerprint density at radius 1 is 0.909 bits per heavy atom. The van der Waals surface area contributed by atoms with Gasteiger partial charge in [-0.3, -0.25) is 4.98 Å². The third kappa shape index (κ3) is 1.91. The first-order chi connectivity index (χ1) is 10.8. The van der Waals surface area contributed by atoms with Crippen LogP contribution >= 0.6 is 0 Å². The lowest BCUT2D eigenvalue weighted by molar-refractivity contribution is 0.315. The van der Waals surface area contributed by atoms with Crippen LogP contribution in [0.1, 0.15) is 0 Å². The van der Waals surface area contributed by atoms with Crippen molar-refractivity contribution in [2.45, 2.75) is 9.79 Å². The number of anilines is 1. The molecule has 2 aromatic heterocycles. The quantitative estimate of drug-likeness (QED) is 0.451. The number of benzene rings is 2. The molecule has 0 saturated carbocycles. The van der Waals surface area contributed by atoms with Crippen molar-refractivity contribution in [2.75, 3.05) is 5.73 Å². The first-order valence-electron chi connectivity index (χ1n) is 6.52. The number of fused-ring (bicyclic) bond motifs is 2. The van der Waals surface area contributed by atoms with Gasteiger partial charge in [0.15, 0.2) is 20.8 Å². The standard InChI is InChI=1S/C15H10N4O2S/c16-10-6-7-12(15-14(10)18-21-19-15)22(20)11-5-1-3-9-4-2-8-17-13(9)11/h1-8H,16H2. The van der Waals surface area contributed by atoms with Gasteiger partial charge in [-0.05, 0) is 34.6 Å². The molecule has 2 N–H and O–H groups in total. The maximum absolute atomic E-state index is 13.0. The summed E-state index contributed by atoms with van der Waals surface area (Å²) in [7, 11) is 0. The Morgan fingerprint density at radius 3 is 2.59 bits per heavy atom. The zero-order valence-electron chi connectivity index (χ0n) is 11.3. The van der Waals surface area contributed by atoms with E-state index in [0.717, 1.165) is 5.39 Å². The van der Waals surface area contributed by atoms with Crippen LogP contribution in [0.2, 0.25) is 0 Å². The van der Waals surface area contributed by atoms with Crippen molar-refractivity contribution in [3.8, 4) is 0 Å². The molecule has 0 fully saturated rings. The molecular formula is C15H10N4O2S. The van der Waals surface area contributed by atoms with Crippen molar-refractivity contribution in [3.05, 3.63) is 48.7 Å². The molecule has 1 atom stereocenters. The molecule has 2 heterocycles. The molecule has 0 radical (unpaired) electrons. The van der Waals surface area contributed by atoms with Crippen molar-refractivity contribution in [1.29, 1.82) is 0 Å². The maximum atomic E-state index is 13.0. The summed E-state index contributed by atoms with van der Waals surface area (Å²) in [4.78, 5) is 5.46. The molecule has 0 amide bonds. The van der Waals surface area contributed by atoms with Crippen LogP contribution in [0.3, 0.4) is 0 Å². The minimum atomic E-state index is -1.46. The highest BCUT2D eigenvalue weighted by molar-refractivity contribution is 7.92. The van der Waals surface area contributed by atoms with Gasteiger partial charge in [-0.15, -0.1) is 0 Å². The predicted octanol–water partition coefficient (Wildman–Crippen LogP) is 2.52. The Labute approximate surface area is 128 Å². The average Bonchev–Trinajstić information content (AvgIpc) is 3.05. The van der Waals surface area contributed by atoms with E-state index in [2.05, 4.69) is 15.3 Å². The summed E-state index contributed by atoms with van der Waals surface area (Å²) in [5, 5.41) is 8.51. The number of rotatable bonds is 2. The van der Waals surface area contributed by atoms with E-state index in [4.69, 9.17) is 10.4 Å². The fourth-order valence-electron chi connectivity index (χ4n) is 2.36. The number of nitrogen functional groups attached to an aromatic ring is 1. The molecular weight excluding hydrogens is 300 g/mol. The maximum Gasteiger partial charge on any atom is 0.192 e. The summed E-state index contributed by atoms with van der Waals surface area (Å²) in [5.41, 5.74) is 7.79. The lowest BCUT2D eigenvalue weighted by Gasteiger charge is -2.11. The number of hydrogen-bond donors (Lipinski definition) is 1. The first kappa shape index (κ1) is 13.1. The molecule has 6 nitrogen and oxygen atoms in total. The highest BCUT2D eigenvalue weighted by Gasteiger charge is 2.24. The fraction of sp³-hybridized carbons (Fsp3) is 0. The van der Waals surface area contributed by atoms with Crippen LogP contribution in [0.25, 0.3) is 21.9 Å². The van der Waals surface area contributed by atoms with Gasteiger partial charge in [-0.25, -0.2) is 4.63 Å². The van der Waals surface area contributed by atoms with Gasteiger partial charge in [0.1, 0.15) is 5.52 Å². The molecule has 22 heavy (non-hydrogen) atoms. The fourth-order valence-corrected chi connectivity index (χ4v) is 3.64. The van der Waals surface area contributed by atoms with E-state index in [1.54, 1.807) is 24.4 Å². The van der Waals surface area contributed by atoms with Gasteiger partial charge in [-0.2, -0.15) is 0 Å². The zero-order valence-corrected chi connectivity index (χ0v) is 12.1. The summed E-state index contributed by atoms with van der Waals surface area (Å²) in [6.07, 6.45) is 1.68. The van der Waals surface area contributed by atoms with Crippen LogP contribution in [-0.2, 0) is 11.2 Å². The summed E-state index contributed by atoms with van der Waals surface area (Å²) in [6, 6.07) is 12.7. The van der Waals surface area contributed by atoms with Crippen LogP contribution in [0.5, 0.6) is 0 Å². The van der Waals surface area contributed by atoms with E-state index in [1.807, 2.05) is 24.3 Å². The normalized spacial score (nSPS) is 12.8. The van der Waals surface area contributed by atoms with Gasteiger partial charge < -0.3 is 10.3 Å². The van der Waals surface area contributed by atoms with Gasteiger partial charge in [0.2, 0.25) is 0 Å². The highest BCUT2D eigenvalue weighted by atomic mass is 32.2. The van der Waals surface area contributed by atoms with E-state index >= 15 is 0 Å². The predicted molar refractivity (Wildman–Crippen MR) is 82.6 cm³/mol. The molecule has 0 spiro atoms. The van der Waals surface area contributed by atoms with E-state index in [9.17, 15) is 4.55 Å². The Hall–Kier alpha value is -2.64. The zero-order chi connectivity index (χ0) is 15.1. The lowest BCUT2D eigenvalue weighted by atomic mass is 10.2. The Balaban J connectivity index is 1.94. The summed E-state index contributed by atoms with van der Waals surface area (Å²) >= 11 is -1.46. The van der Waals surface area contributed by atoms with Gasteiger partial charge in [0.05, 0.1) is 5.69 Å². The SMILES string of the molecule is Nc1ccc([S+]([O-])c2cccc3cccnc23)c2nonc12. The number of aromatic nitrogens is 3. The van der Waals surface area contributed by atoms with Crippen LogP contribution in [0.15, 0.2) is 63.1 Å². The molecule has 108 valence electrons. The minimum absolute atomic E-state index is 0.409. The monoisotopic (exact) mass is 310 g/mol. The van der Waals surface area contributed by atoms with E-state index in [-0.39, 0.29) is 0 Å². The molecule has 0 saturated heterocycles. The Bertz CT molecular complexity index is 980. The Kier molecular flexibility index (Phi) is 2.95. The molecule has 0 aliphatic carbocycles. The summed E-state index contributed by atoms with van der Waals surface area (Å²) < 4.78 is 17.7. The van der Waals surface area contributed by atoms with Gasteiger partial charge in [0, 0.05) is 22.8 Å². The van der Waals surface area contributed by atoms with Crippen molar-refractivity contribution in [1.82, 2.24) is 15.3 Å². The molecule has 0 bridgehead atoms. The van der Waals surface area contributed by atoms with E-state index in [0.29, 0.717) is 32.0 Å². The van der Waals surface area contributed by atoms with Gasteiger partial charge in [-0.1, -0.05) is 18.2 Å². The van der Waals surface area contributed by atoms with Gasteiger partial charge in [0.25, 0.3) is 0 Å². The second-order valence-electron chi connectivity index (χ2n) is 4.71. The van der Waals surface area contributed by atoms with Crippen LogP contribution in [0, 0.1) is 0 Å². The smallest absolute Gasteiger partial charge is 0.192 e. The molecule has 4 rings (SSSR count). The largest absolute Gasteiger partial charge is 0.606 e. The van der Waals surface area contributed by atoms with Gasteiger partial charge >= 0.3 is 0 Å². The van der Waals surface area contributed by atoms with Crippen molar-refractivity contribution >= 4 is 38.8 Å². The molecule has 7 heteroatoms. The summed E-state index contributed by atoms with van der Waals surface area (Å²) in [6.45, 7) is 0. The molecule has 1 unspecified atom stereocenters. The summed E-state index contributed by atoms with van der Waals surface area (Å²) in [5.74, 6) is 0. The number of nitrogens with two attached hydrogens (primary N) is 1. The topological polar surface area (TPSA) is 101 Å². The second kappa shape index (κ2) is 4.97. The molecule has 0 aliphatic rings. The average molecular weight is 310 g/mol. The van der Waals surface area contributed by atoms with Crippen LogP contribution in [-0.4, -0.2) is 19.9 Å². The third-order valence-corrected chi connectivity index (χ3v) is 4.86. The van der Waals surface area contributed by atoms with Crippen molar-refractivity contribution in [3.63, 3.8) is 0 Å². The Morgan fingerprint density at radius 2 is 1.68 bits per heavy atom. The van der Waals surface area contributed by atoms with E-state index in [1.165, 1.54) is 0 Å². The second-order valence-corrected chi connectivity index (χ2v) is 6.13. The number of para-hydroxylation sites is 1. The molecule has 2 aromatic carbocycles. The number of hydrogen-bond acceptors (Lipinski definition) is 6. The number of nitrogens with zero attached hydrogens (tertiary/aromatic N) is 3. The van der Waals surface area contributed by atoms with Crippen LogP contribution < -0.4 is 5.73 Å². The lowest BCUT2D eigenvalue weighted by Crippen LogP contribution is -2.05. The highest BCUT2D eigenvalue weighted by Crippen LogP contribution is 2.32. The number of pyridine rings is 1. The minimum Gasteiger partial charge on any atom is -0.606 e. The first-order valence-corrected chi connectivity index (χ1v) is 7.67. The third-order valence-electron chi connectivity index (χ3n) is 3.40. The van der Waals surface area contributed by atoms with Crippen LogP contribution in [0.4, 0.5) is 5.69 Å². The molecule has 4 aromatic rings. The van der Waals surface area contributed by atoms with E-state index < -0.39 is 11.2 Å². The van der Waals surface area contributed by atoms with Crippen molar-refractivity contribution in [2.24, 2.45) is 0 Å². The van der Waals surface area contributed by atoms with Crippen molar-refractivity contribution < 1.29 is 9.18 Å².